The predicted octanol–water partition coefficient (Wildman–Crippen LogP) is 3.65. The maximum atomic E-state index is 4.39. The van der Waals surface area contributed by atoms with Crippen molar-refractivity contribution in [3.05, 3.63) is 48.0 Å². The molecule has 0 bridgehead atoms. The van der Waals surface area contributed by atoms with Crippen molar-refractivity contribution in [2.45, 2.75) is 39.2 Å². The molecule has 0 aliphatic carbocycles. The molecular weight excluding hydrogens is 298 g/mol. The lowest BCUT2D eigenvalue weighted by atomic mass is 10.0. The molecular formula is C19H23N5. The zero-order valence-electron chi connectivity index (χ0n) is 14.3. The molecule has 4 rings (SSSR count). The Morgan fingerprint density at radius 2 is 1.71 bits per heavy atom. The summed E-state index contributed by atoms with van der Waals surface area (Å²) in [6.07, 6.45) is 7.95. The molecule has 1 saturated heterocycles. The van der Waals surface area contributed by atoms with Crippen LogP contribution < -0.4 is 0 Å². The first-order valence-electron chi connectivity index (χ1n) is 8.74. The van der Waals surface area contributed by atoms with Crippen molar-refractivity contribution in [1.82, 2.24) is 24.5 Å². The van der Waals surface area contributed by atoms with Crippen LogP contribution in [0.5, 0.6) is 0 Å². The molecule has 24 heavy (non-hydrogen) atoms. The molecule has 0 saturated carbocycles. The van der Waals surface area contributed by atoms with Gasteiger partial charge in [0.1, 0.15) is 5.82 Å². The van der Waals surface area contributed by atoms with Crippen molar-refractivity contribution in [3.8, 4) is 11.1 Å². The first-order chi connectivity index (χ1) is 11.7. The quantitative estimate of drug-likeness (QED) is 0.739. The molecule has 124 valence electrons. The van der Waals surface area contributed by atoms with E-state index in [0.717, 1.165) is 11.4 Å². The van der Waals surface area contributed by atoms with Gasteiger partial charge in [-0.05, 0) is 50.9 Å². The third-order valence-corrected chi connectivity index (χ3v) is 5.10. The Morgan fingerprint density at radius 1 is 0.958 bits per heavy atom. The number of aromatic nitrogens is 4. The van der Waals surface area contributed by atoms with Crippen LogP contribution in [-0.2, 0) is 0 Å². The van der Waals surface area contributed by atoms with E-state index in [1.54, 1.807) is 0 Å². The van der Waals surface area contributed by atoms with Gasteiger partial charge >= 0.3 is 0 Å². The van der Waals surface area contributed by atoms with Crippen LogP contribution in [0.3, 0.4) is 0 Å². The minimum Gasteiger partial charge on any atom is -0.297 e. The number of likely N-dealkylation sites (tertiary alicyclic amines) is 1. The third-order valence-electron chi connectivity index (χ3n) is 5.10. The topological polar surface area (TPSA) is 46.3 Å². The van der Waals surface area contributed by atoms with Gasteiger partial charge in [0.25, 0.3) is 5.78 Å². The fourth-order valence-electron chi connectivity index (χ4n) is 3.52. The zero-order chi connectivity index (χ0) is 16.5. The molecule has 0 N–H and O–H groups in total. The number of piperidine rings is 1. The van der Waals surface area contributed by atoms with Crippen molar-refractivity contribution in [2.24, 2.45) is 0 Å². The van der Waals surface area contributed by atoms with Gasteiger partial charge in [-0.15, -0.1) is 10.2 Å². The average Bonchev–Trinajstić information content (AvgIpc) is 3.02. The number of benzene rings is 1. The second-order valence-corrected chi connectivity index (χ2v) is 6.65. The second-order valence-electron chi connectivity index (χ2n) is 6.65. The Morgan fingerprint density at radius 3 is 2.46 bits per heavy atom. The SMILES string of the molecule is Cc1nnc2ncc(-c3ccc([C@@H](C)N4CCCCC4)cc3)cn12. The molecule has 0 spiro atoms. The fraction of sp³-hybridized carbons (Fsp3) is 0.421. The maximum Gasteiger partial charge on any atom is 0.254 e. The molecule has 5 heteroatoms. The van der Waals surface area contributed by atoms with E-state index in [1.807, 2.05) is 17.5 Å². The van der Waals surface area contributed by atoms with E-state index in [2.05, 4.69) is 57.5 Å². The molecule has 1 aliphatic rings. The number of hydrogen-bond acceptors (Lipinski definition) is 4. The van der Waals surface area contributed by atoms with Crippen molar-refractivity contribution in [1.29, 1.82) is 0 Å². The Labute approximate surface area is 142 Å². The number of hydrogen-bond donors (Lipinski definition) is 0. The third kappa shape index (κ3) is 2.80. The summed E-state index contributed by atoms with van der Waals surface area (Å²) in [5, 5.41) is 8.10. The molecule has 0 unspecified atom stereocenters. The molecule has 0 radical (unpaired) electrons. The van der Waals surface area contributed by atoms with E-state index in [0.29, 0.717) is 11.8 Å². The molecule has 1 aliphatic heterocycles. The summed E-state index contributed by atoms with van der Waals surface area (Å²) in [5.41, 5.74) is 3.64. The van der Waals surface area contributed by atoms with E-state index in [1.165, 1.54) is 43.5 Å². The van der Waals surface area contributed by atoms with Crippen LogP contribution in [0.2, 0.25) is 0 Å². The smallest absolute Gasteiger partial charge is 0.254 e. The average molecular weight is 321 g/mol. The van der Waals surface area contributed by atoms with Crippen molar-refractivity contribution >= 4 is 5.78 Å². The highest BCUT2D eigenvalue weighted by Crippen LogP contribution is 2.26. The van der Waals surface area contributed by atoms with E-state index in [9.17, 15) is 0 Å². The molecule has 3 aromatic rings. The molecule has 1 aromatic carbocycles. The number of nitrogens with zero attached hydrogens (tertiary/aromatic N) is 5. The van der Waals surface area contributed by atoms with Crippen LogP contribution in [0.15, 0.2) is 36.7 Å². The first-order valence-corrected chi connectivity index (χ1v) is 8.74. The van der Waals surface area contributed by atoms with Gasteiger partial charge in [-0.2, -0.15) is 0 Å². The molecule has 1 fully saturated rings. The summed E-state index contributed by atoms with van der Waals surface area (Å²) in [5.74, 6) is 1.50. The van der Waals surface area contributed by atoms with Gasteiger partial charge in [-0.25, -0.2) is 4.98 Å². The van der Waals surface area contributed by atoms with E-state index >= 15 is 0 Å². The zero-order valence-corrected chi connectivity index (χ0v) is 14.3. The number of rotatable bonds is 3. The molecule has 1 atom stereocenters. The molecule has 2 aromatic heterocycles. The lowest BCUT2D eigenvalue weighted by Gasteiger charge is -2.32. The van der Waals surface area contributed by atoms with Crippen LogP contribution >= 0.6 is 0 Å². The van der Waals surface area contributed by atoms with Gasteiger partial charge in [0, 0.05) is 24.0 Å². The molecule has 3 heterocycles. The van der Waals surface area contributed by atoms with Crippen LogP contribution in [0.25, 0.3) is 16.9 Å². The standard InChI is InChI=1S/C19H23N5/c1-14(23-10-4-3-5-11-23)16-6-8-17(9-7-16)18-12-20-19-22-21-15(2)24(19)13-18/h6-9,12-14H,3-5,10-11H2,1-2H3/t14-/m1/s1. The van der Waals surface area contributed by atoms with E-state index < -0.39 is 0 Å². The Bertz CT molecular complexity index is 831. The predicted molar refractivity (Wildman–Crippen MR) is 94.8 cm³/mol. The Balaban J connectivity index is 1.59. The summed E-state index contributed by atoms with van der Waals surface area (Å²) >= 11 is 0. The van der Waals surface area contributed by atoms with Gasteiger partial charge in [-0.1, -0.05) is 30.7 Å². The molecule has 5 nitrogen and oxygen atoms in total. The second kappa shape index (κ2) is 6.32. The lowest BCUT2D eigenvalue weighted by Crippen LogP contribution is -2.32. The van der Waals surface area contributed by atoms with Crippen LogP contribution in [0.1, 0.15) is 43.6 Å². The minimum absolute atomic E-state index is 0.486. The van der Waals surface area contributed by atoms with Gasteiger partial charge in [0.15, 0.2) is 0 Å². The van der Waals surface area contributed by atoms with Gasteiger partial charge < -0.3 is 0 Å². The summed E-state index contributed by atoms with van der Waals surface area (Å²) in [6.45, 7) is 6.69. The fourth-order valence-corrected chi connectivity index (χ4v) is 3.52. The monoisotopic (exact) mass is 321 g/mol. The van der Waals surface area contributed by atoms with Gasteiger partial charge in [0.2, 0.25) is 0 Å². The normalized spacial score (nSPS) is 17.2. The summed E-state index contributed by atoms with van der Waals surface area (Å²) < 4.78 is 1.93. The first kappa shape index (κ1) is 15.3. The summed E-state index contributed by atoms with van der Waals surface area (Å²) in [4.78, 5) is 6.98. The highest BCUT2D eigenvalue weighted by molar-refractivity contribution is 5.63. The van der Waals surface area contributed by atoms with E-state index in [-0.39, 0.29) is 0 Å². The Kier molecular flexibility index (Phi) is 4.02. The highest BCUT2D eigenvalue weighted by atomic mass is 15.3. The lowest BCUT2D eigenvalue weighted by molar-refractivity contribution is 0.175. The molecule has 0 amide bonds. The maximum absolute atomic E-state index is 4.39. The van der Waals surface area contributed by atoms with Gasteiger partial charge in [-0.3, -0.25) is 9.30 Å². The van der Waals surface area contributed by atoms with Crippen LogP contribution in [0, 0.1) is 6.92 Å². The minimum atomic E-state index is 0.486. The van der Waals surface area contributed by atoms with E-state index in [4.69, 9.17) is 0 Å². The van der Waals surface area contributed by atoms with Crippen molar-refractivity contribution < 1.29 is 0 Å². The number of fused-ring (bicyclic) bond motifs is 1. The van der Waals surface area contributed by atoms with Crippen molar-refractivity contribution in [2.75, 3.05) is 13.1 Å². The van der Waals surface area contributed by atoms with Gasteiger partial charge in [0.05, 0.1) is 0 Å². The largest absolute Gasteiger partial charge is 0.297 e. The van der Waals surface area contributed by atoms with Crippen molar-refractivity contribution in [3.63, 3.8) is 0 Å². The highest BCUT2D eigenvalue weighted by Gasteiger charge is 2.18. The van der Waals surface area contributed by atoms with Crippen LogP contribution in [0.4, 0.5) is 0 Å². The number of aryl methyl sites for hydroxylation is 1. The Hall–Kier alpha value is -2.27. The summed E-state index contributed by atoms with van der Waals surface area (Å²) in [6, 6.07) is 9.37. The van der Waals surface area contributed by atoms with Crippen LogP contribution in [-0.4, -0.2) is 37.6 Å². The summed E-state index contributed by atoms with van der Waals surface area (Å²) in [7, 11) is 0.